The number of rotatable bonds is 6. The lowest BCUT2D eigenvalue weighted by Crippen LogP contribution is -2.22. The number of hydrogen-bond donors (Lipinski definition) is 1. The molecule has 1 aromatic rings. The van der Waals surface area contributed by atoms with Gasteiger partial charge in [-0.05, 0) is 30.9 Å². The summed E-state index contributed by atoms with van der Waals surface area (Å²) >= 11 is 0. The van der Waals surface area contributed by atoms with E-state index in [1.54, 1.807) is 6.92 Å². The van der Waals surface area contributed by atoms with E-state index in [0.717, 1.165) is 18.5 Å². The van der Waals surface area contributed by atoms with Gasteiger partial charge in [-0.2, -0.15) is 0 Å². The quantitative estimate of drug-likeness (QED) is 0.630. The summed E-state index contributed by atoms with van der Waals surface area (Å²) in [5, 5.41) is 3.17. The van der Waals surface area contributed by atoms with E-state index in [2.05, 4.69) is 37.2 Å². The Morgan fingerprint density at radius 2 is 1.95 bits per heavy atom. The molecule has 0 aromatic heterocycles. The van der Waals surface area contributed by atoms with Crippen LogP contribution in [0.1, 0.15) is 31.9 Å². The van der Waals surface area contributed by atoms with Gasteiger partial charge in [0.15, 0.2) is 6.10 Å². The summed E-state index contributed by atoms with van der Waals surface area (Å²) < 4.78 is 5.03. The maximum Gasteiger partial charge on any atom is 0.326 e. The molecule has 3 heteroatoms. The van der Waals surface area contributed by atoms with Crippen LogP contribution >= 0.6 is 0 Å². The third-order valence-corrected chi connectivity index (χ3v) is 2.95. The second-order valence-corrected chi connectivity index (χ2v) is 4.31. The average molecular weight is 259 g/mol. The van der Waals surface area contributed by atoms with Gasteiger partial charge in [-0.15, -0.1) is 6.42 Å². The highest BCUT2D eigenvalue weighted by atomic mass is 16.5. The third kappa shape index (κ3) is 4.33. The van der Waals surface area contributed by atoms with Crippen molar-refractivity contribution in [1.82, 2.24) is 0 Å². The average Bonchev–Trinajstić information content (AvgIpc) is 2.44. The van der Waals surface area contributed by atoms with Crippen LogP contribution in [0.25, 0.3) is 0 Å². The first kappa shape index (κ1) is 15.1. The molecule has 3 nitrogen and oxygen atoms in total. The molecule has 0 amide bonds. The summed E-state index contributed by atoms with van der Waals surface area (Å²) in [6, 6.07) is 6.18. The van der Waals surface area contributed by atoms with E-state index in [1.807, 2.05) is 6.07 Å². The molecule has 0 fully saturated rings. The first-order valence-corrected chi connectivity index (χ1v) is 6.62. The van der Waals surface area contributed by atoms with Crippen LogP contribution in [0.4, 0.5) is 5.69 Å². The SMILES string of the molecule is C#CC(C)OC(=O)CNc1c(CC)cccc1CC. The van der Waals surface area contributed by atoms with Gasteiger partial charge in [0.2, 0.25) is 0 Å². The number of para-hydroxylation sites is 1. The summed E-state index contributed by atoms with van der Waals surface area (Å²) in [5.41, 5.74) is 3.45. The van der Waals surface area contributed by atoms with Gasteiger partial charge >= 0.3 is 5.97 Å². The van der Waals surface area contributed by atoms with Crippen LogP contribution < -0.4 is 5.32 Å². The zero-order valence-electron chi connectivity index (χ0n) is 11.8. The lowest BCUT2D eigenvalue weighted by molar-refractivity contribution is -0.143. The van der Waals surface area contributed by atoms with E-state index >= 15 is 0 Å². The molecule has 1 aromatic carbocycles. The number of ether oxygens (including phenoxy) is 1. The van der Waals surface area contributed by atoms with Crippen LogP contribution in [0.5, 0.6) is 0 Å². The summed E-state index contributed by atoms with van der Waals surface area (Å²) in [6.07, 6.45) is 6.53. The van der Waals surface area contributed by atoms with Gasteiger partial charge in [0, 0.05) is 5.69 Å². The van der Waals surface area contributed by atoms with Crippen LogP contribution in [0.15, 0.2) is 18.2 Å². The molecular formula is C16H21NO2. The summed E-state index contributed by atoms with van der Waals surface area (Å²) in [5.74, 6) is 2.03. The summed E-state index contributed by atoms with van der Waals surface area (Å²) in [7, 11) is 0. The molecule has 0 aliphatic rings. The number of carbonyl (C=O) groups is 1. The van der Waals surface area contributed by atoms with Crippen molar-refractivity contribution in [1.29, 1.82) is 0 Å². The minimum atomic E-state index is -0.485. The molecule has 1 rings (SSSR count). The Kier molecular flexibility index (Phi) is 5.95. The molecule has 19 heavy (non-hydrogen) atoms. The fourth-order valence-electron chi connectivity index (χ4n) is 1.90. The number of anilines is 1. The van der Waals surface area contributed by atoms with Gasteiger partial charge < -0.3 is 10.1 Å². The Bertz CT molecular complexity index is 452. The molecule has 1 atom stereocenters. The molecule has 102 valence electrons. The Hall–Kier alpha value is -1.95. The normalized spacial score (nSPS) is 11.5. The third-order valence-electron chi connectivity index (χ3n) is 2.95. The van der Waals surface area contributed by atoms with Gasteiger partial charge in [0.05, 0.1) is 0 Å². The van der Waals surface area contributed by atoms with E-state index in [0.29, 0.717) is 0 Å². The van der Waals surface area contributed by atoms with E-state index < -0.39 is 6.10 Å². The maximum absolute atomic E-state index is 11.6. The molecule has 0 bridgehead atoms. The molecule has 0 saturated carbocycles. The number of benzene rings is 1. The van der Waals surface area contributed by atoms with Crippen LogP contribution in [0, 0.1) is 12.3 Å². The molecule has 0 saturated heterocycles. The monoisotopic (exact) mass is 259 g/mol. The van der Waals surface area contributed by atoms with Gasteiger partial charge in [-0.25, -0.2) is 0 Å². The zero-order chi connectivity index (χ0) is 14.3. The molecule has 0 radical (unpaired) electrons. The number of terminal acetylenes is 1. The summed E-state index contributed by atoms with van der Waals surface area (Å²) in [6.45, 7) is 6.00. The van der Waals surface area contributed by atoms with Crippen LogP contribution in [-0.2, 0) is 22.4 Å². The predicted octanol–water partition coefficient (Wildman–Crippen LogP) is 2.79. The van der Waals surface area contributed by atoms with E-state index in [1.165, 1.54) is 11.1 Å². The summed E-state index contributed by atoms with van der Waals surface area (Å²) in [4.78, 5) is 11.6. The number of esters is 1. The van der Waals surface area contributed by atoms with Crippen molar-refractivity contribution < 1.29 is 9.53 Å². The second-order valence-electron chi connectivity index (χ2n) is 4.31. The predicted molar refractivity (Wildman–Crippen MR) is 78.1 cm³/mol. The number of aryl methyl sites for hydroxylation is 2. The van der Waals surface area contributed by atoms with Crippen molar-refractivity contribution in [2.75, 3.05) is 11.9 Å². The van der Waals surface area contributed by atoms with Gasteiger partial charge in [-0.3, -0.25) is 4.79 Å². The lowest BCUT2D eigenvalue weighted by atomic mass is 10.0. The van der Waals surface area contributed by atoms with Crippen molar-refractivity contribution in [2.24, 2.45) is 0 Å². The number of hydrogen-bond acceptors (Lipinski definition) is 3. The Labute approximate surface area is 115 Å². The van der Waals surface area contributed by atoms with E-state index in [-0.39, 0.29) is 12.5 Å². The van der Waals surface area contributed by atoms with E-state index in [4.69, 9.17) is 11.2 Å². The van der Waals surface area contributed by atoms with Crippen LogP contribution in [0.2, 0.25) is 0 Å². The molecule has 1 N–H and O–H groups in total. The smallest absolute Gasteiger partial charge is 0.326 e. The Balaban J connectivity index is 2.72. The molecule has 0 heterocycles. The van der Waals surface area contributed by atoms with Gasteiger partial charge in [0.25, 0.3) is 0 Å². The van der Waals surface area contributed by atoms with Crippen molar-refractivity contribution in [2.45, 2.75) is 39.7 Å². The second kappa shape index (κ2) is 7.48. The fraction of sp³-hybridized carbons (Fsp3) is 0.438. The molecular weight excluding hydrogens is 238 g/mol. The highest BCUT2D eigenvalue weighted by molar-refractivity contribution is 5.76. The van der Waals surface area contributed by atoms with Gasteiger partial charge in [-0.1, -0.05) is 38.0 Å². The minimum Gasteiger partial charge on any atom is -0.448 e. The van der Waals surface area contributed by atoms with Crippen molar-refractivity contribution >= 4 is 11.7 Å². The molecule has 0 aliphatic carbocycles. The molecule has 1 unspecified atom stereocenters. The topological polar surface area (TPSA) is 38.3 Å². The van der Waals surface area contributed by atoms with Crippen molar-refractivity contribution in [3.05, 3.63) is 29.3 Å². The lowest BCUT2D eigenvalue weighted by Gasteiger charge is -2.15. The largest absolute Gasteiger partial charge is 0.448 e. The highest BCUT2D eigenvalue weighted by Gasteiger charge is 2.10. The number of carbonyl (C=O) groups excluding carboxylic acids is 1. The molecule has 0 spiro atoms. The van der Waals surface area contributed by atoms with Crippen LogP contribution in [0.3, 0.4) is 0 Å². The van der Waals surface area contributed by atoms with Gasteiger partial charge in [0.1, 0.15) is 6.54 Å². The Morgan fingerprint density at radius 3 is 2.42 bits per heavy atom. The highest BCUT2D eigenvalue weighted by Crippen LogP contribution is 2.22. The Morgan fingerprint density at radius 1 is 1.37 bits per heavy atom. The van der Waals surface area contributed by atoms with Crippen molar-refractivity contribution in [3.63, 3.8) is 0 Å². The standard InChI is InChI=1S/C16H21NO2/c1-5-12(4)19-15(18)11-17-16-13(6-2)9-8-10-14(16)7-3/h1,8-10,12,17H,6-7,11H2,2-4H3. The van der Waals surface area contributed by atoms with E-state index in [9.17, 15) is 4.79 Å². The first-order valence-electron chi connectivity index (χ1n) is 6.62. The fourth-order valence-corrected chi connectivity index (χ4v) is 1.90. The van der Waals surface area contributed by atoms with Crippen molar-refractivity contribution in [3.8, 4) is 12.3 Å². The number of nitrogens with one attached hydrogen (secondary N) is 1. The van der Waals surface area contributed by atoms with Crippen LogP contribution in [-0.4, -0.2) is 18.6 Å². The maximum atomic E-state index is 11.6. The zero-order valence-corrected chi connectivity index (χ0v) is 11.8. The molecule has 0 aliphatic heterocycles. The minimum absolute atomic E-state index is 0.135. The first-order chi connectivity index (χ1) is 9.12.